The van der Waals surface area contributed by atoms with Gasteiger partial charge in [0, 0.05) is 10.9 Å². The van der Waals surface area contributed by atoms with Crippen LogP contribution in [0.2, 0.25) is 0 Å². The van der Waals surface area contributed by atoms with Crippen molar-refractivity contribution in [3.05, 3.63) is 84.9 Å². The molecule has 0 atom stereocenters. The molecule has 5 nitrogen and oxygen atoms in total. The van der Waals surface area contributed by atoms with Gasteiger partial charge < -0.3 is 4.98 Å². The van der Waals surface area contributed by atoms with Crippen LogP contribution in [-0.2, 0) is 0 Å². The van der Waals surface area contributed by atoms with Crippen LogP contribution >= 0.6 is 0 Å². The third kappa shape index (κ3) is 3.35. The first kappa shape index (κ1) is 15.0. The maximum atomic E-state index is 4.47. The van der Waals surface area contributed by atoms with Crippen molar-refractivity contribution >= 4 is 33.8 Å². The van der Waals surface area contributed by atoms with Gasteiger partial charge in [-0.1, -0.05) is 54.6 Å². The van der Waals surface area contributed by atoms with Crippen molar-refractivity contribution in [2.24, 2.45) is 10.2 Å². The molecular formula is C20H17N5. The summed E-state index contributed by atoms with van der Waals surface area (Å²) in [5, 5.41) is 9.83. The van der Waals surface area contributed by atoms with E-state index in [1.54, 1.807) is 0 Å². The van der Waals surface area contributed by atoms with Gasteiger partial charge in [0.05, 0.1) is 11.4 Å². The normalized spacial score (nSPS) is 11.0. The van der Waals surface area contributed by atoms with Gasteiger partial charge in [-0.3, -0.25) is 10.9 Å². The molecule has 0 radical (unpaired) electrons. The summed E-state index contributed by atoms with van der Waals surface area (Å²) < 4.78 is 0. The van der Waals surface area contributed by atoms with E-state index in [-0.39, 0.29) is 0 Å². The van der Waals surface area contributed by atoms with Crippen LogP contribution in [0.5, 0.6) is 0 Å². The molecule has 1 heterocycles. The average molecular weight is 327 g/mol. The quantitative estimate of drug-likeness (QED) is 0.310. The number of hydrogen-bond acceptors (Lipinski definition) is 4. The van der Waals surface area contributed by atoms with E-state index >= 15 is 0 Å². The maximum Gasteiger partial charge on any atom is 0.151 e. The summed E-state index contributed by atoms with van der Waals surface area (Å²) in [6, 6.07) is 27.6. The van der Waals surface area contributed by atoms with Crippen LogP contribution in [-0.4, -0.2) is 4.98 Å². The molecule has 3 N–H and O–H groups in total. The fourth-order valence-electron chi connectivity index (χ4n) is 2.58. The molecular weight excluding hydrogens is 310 g/mol. The number of aromatic amines is 1. The number of hydrazine groups is 1. The van der Waals surface area contributed by atoms with E-state index in [1.807, 2.05) is 84.9 Å². The van der Waals surface area contributed by atoms with E-state index in [2.05, 4.69) is 26.1 Å². The first-order valence-electron chi connectivity index (χ1n) is 8.05. The van der Waals surface area contributed by atoms with E-state index in [1.165, 1.54) is 0 Å². The second-order valence-corrected chi connectivity index (χ2v) is 5.55. The van der Waals surface area contributed by atoms with Gasteiger partial charge in [0.25, 0.3) is 0 Å². The van der Waals surface area contributed by atoms with Crippen LogP contribution < -0.4 is 10.9 Å². The SMILES string of the molecule is c1ccc(N=Nc2c(NNc3ccccc3)[nH]c3ccccc23)cc1. The Kier molecular flexibility index (Phi) is 4.12. The number of benzene rings is 3. The van der Waals surface area contributed by atoms with Crippen LogP contribution in [0, 0.1) is 0 Å². The average Bonchev–Trinajstić information content (AvgIpc) is 3.04. The van der Waals surface area contributed by atoms with Crippen molar-refractivity contribution in [2.45, 2.75) is 0 Å². The van der Waals surface area contributed by atoms with E-state index < -0.39 is 0 Å². The molecule has 3 aromatic carbocycles. The Morgan fingerprint density at radius 1 is 0.640 bits per heavy atom. The van der Waals surface area contributed by atoms with Gasteiger partial charge in [0.1, 0.15) is 5.69 Å². The van der Waals surface area contributed by atoms with Crippen molar-refractivity contribution in [1.29, 1.82) is 0 Å². The Morgan fingerprint density at radius 2 is 1.32 bits per heavy atom. The molecule has 0 amide bonds. The number of nitrogens with zero attached hydrogens (tertiary/aromatic N) is 2. The Hall–Kier alpha value is -3.60. The van der Waals surface area contributed by atoms with Gasteiger partial charge >= 0.3 is 0 Å². The Morgan fingerprint density at radius 3 is 2.12 bits per heavy atom. The predicted octanol–water partition coefficient (Wildman–Crippen LogP) is 6.02. The largest absolute Gasteiger partial charge is 0.338 e. The highest BCUT2D eigenvalue weighted by atomic mass is 15.4. The lowest BCUT2D eigenvalue weighted by Crippen LogP contribution is -2.08. The first-order valence-corrected chi connectivity index (χ1v) is 8.05. The fraction of sp³-hybridized carbons (Fsp3) is 0. The molecule has 0 saturated heterocycles. The number of H-pyrrole nitrogens is 1. The first-order chi connectivity index (χ1) is 12.4. The topological polar surface area (TPSA) is 64.6 Å². The smallest absolute Gasteiger partial charge is 0.151 e. The standard InChI is InChI=1S/C20H17N5/c1-3-9-15(10-4-1)22-24-19-17-13-7-8-14-18(17)21-20(19)25-23-16-11-5-2-6-12-16/h1-14,21,23,25H. The highest BCUT2D eigenvalue weighted by molar-refractivity contribution is 5.97. The number of rotatable bonds is 5. The van der Waals surface area contributed by atoms with Gasteiger partial charge in [0.15, 0.2) is 5.82 Å². The van der Waals surface area contributed by atoms with Crippen molar-refractivity contribution < 1.29 is 0 Å². The number of fused-ring (bicyclic) bond motifs is 1. The van der Waals surface area contributed by atoms with E-state index in [9.17, 15) is 0 Å². The van der Waals surface area contributed by atoms with E-state index in [0.717, 1.165) is 33.8 Å². The summed E-state index contributed by atoms with van der Waals surface area (Å²) in [7, 11) is 0. The van der Waals surface area contributed by atoms with Crippen LogP contribution in [0.3, 0.4) is 0 Å². The highest BCUT2D eigenvalue weighted by Gasteiger charge is 2.10. The Balaban J connectivity index is 1.67. The van der Waals surface area contributed by atoms with Crippen molar-refractivity contribution in [3.8, 4) is 0 Å². The molecule has 1 aromatic heterocycles. The number of azo groups is 1. The van der Waals surface area contributed by atoms with E-state index in [4.69, 9.17) is 0 Å². The zero-order chi connectivity index (χ0) is 16.9. The minimum absolute atomic E-state index is 0.767. The van der Waals surface area contributed by atoms with Crippen molar-refractivity contribution in [2.75, 3.05) is 10.9 Å². The monoisotopic (exact) mass is 327 g/mol. The molecule has 0 bridgehead atoms. The van der Waals surface area contributed by atoms with Crippen molar-refractivity contribution in [1.82, 2.24) is 4.98 Å². The number of para-hydroxylation sites is 2. The zero-order valence-corrected chi connectivity index (χ0v) is 13.5. The Bertz CT molecular complexity index is 990. The van der Waals surface area contributed by atoms with Gasteiger partial charge in [-0.25, -0.2) is 0 Å². The summed E-state index contributed by atoms with van der Waals surface area (Å²) in [5.74, 6) is 0.768. The zero-order valence-electron chi connectivity index (χ0n) is 13.5. The Labute approximate surface area is 145 Å². The number of hydrogen-bond donors (Lipinski definition) is 3. The maximum absolute atomic E-state index is 4.47. The van der Waals surface area contributed by atoms with Crippen LogP contribution in [0.15, 0.2) is 95.2 Å². The second-order valence-electron chi connectivity index (χ2n) is 5.55. The molecule has 0 aliphatic carbocycles. The van der Waals surface area contributed by atoms with E-state index in [0.29, 0.717) is 0 Å². The minimum Gasteiger partial charge on any atom is -0.338 e. The number of nitrogens with one attached hydrogen (secondary N) is 3. The molecule has 25 heavy (non-hydrogen) atoms. The summed E-state index contributed by atoms with van der Waals surface area (Å²) in [4.78, 5) is 3.34. The van der Waals surface area contributed by atoms with Gasteiger partial charge in [-0.05, 0) is 30.3 Å². The number of anilines is 2. The molecule has 4 rings (SSSR count). The predicted molar refractivity (Wildman–Crippen MR) is 103 cm³/mol. The lowest BCUT2D eigenvalue weighted by Gasteiger charge is -2.08. The summed E-state index contributed by atoms with van der Waals surface area (Å²) in [6.07, 6.45) is 0. The van der Waals surface area contributed by atoms with Gasteiger partial charge in [-0.2, -0.15) is 5.11 Å². The summed E-state index contributed by atoms with van der Waals surface area (Å²) in [6.45, 7) is 0. The summed E-state index contributed by atoms with van der Waals surface area (Å²) >= 11 is 0. The lowest BCUT2D eigenvalue weighted by molar-refractivity contribution is 1.23. The fourth-order valence-corrected chi connectivity index (χ4v) is 2.58. The molecule has 5 heteroatoms. The van der Waals surface area contributed by atoms with Crippen LogP contribution in [0.25, 0.3) is 10.9 Å². The second kappa shape index (κ2) is 6.88. The van der Waals surface area contributed by atoms with Gasteiger partial charge in [-0.15, -0.1) is 5.11 Å². The molecule has 4 aromatic rings. The van der Waals surface area contributed by atoms with Crippen LogP contribution in [0.4, 0.5) is 22.9 Å². The minimum atomic E-state index is 0.767. The molecule has 0 saturated carbocycles. The summed E-state index contributed by atoms with van der Waals surface area (Å²) in [5.41, 5.74) is 9.92. The third-order valence-electron chi connectivity index (χ3n) is 3.81. The lowest BCUT2D eigenvalue weighted by atomic mass is 10.2. The highest BCUT2D eigenvalue weighted by Crippen LogP contribution is 2.35. The van der Waals surface area contributed by atoms with Gasteiger partial charge in [0.2, 0.25) is 0 Å². The third-order valence-corrected chi connectivity index (χ3v) is 3.81. The molecule has 0 unspecified atom stereocenters. The molecule has 0 aliphatic rings. The van der Waals surface area contributed by atoms with Crippen LogP contribution in [0.1, 0.15) is 0 Å². The molecule has 0 fully saturated rings. The van der Waals surface area contributed by atoms with Crippen molar-refractivity contribution in [3.63, 3.8) is 0 Å². The molecule has 0 aliphatic heterocycles. The number of aromatic nitrogens is 1. The molecule has 0 spiro atoms. The molecule has 122 valence electrons.